The van der Waals surface area contributed by atoms with E-state index in [2.05, 4.69) is 59.0 Å². The van der Waals surface area contributed by atoms with Gasteiger partial charge in [0.2, 0.25) is 5.91 Å². The Morgan fingerprint density at radius 1 is 1.26 bits per heavy atom. The summed E-state index contributed by atoms with van der Waals surface area (Å²) in [6.07, 6.45) is 6.60. The highest BCUT2D eigenvalue weighted by atomic mass is 79.9. The topological polar surface area (TPSA) is 89.3 Å². The number of ether oxygens (including phenoxy) is 1. The number of pyridine rings is 1. The maximum atomic E-state index is 14.4. The molecule has 3 aromatic rings. The van der Waals surface area contributed by atoms with E-state index in [1.807, 2.05) is 0 Å². The molecule has 1 aromatic carbocycles. The highest BCUT2D eigenvalue weighted by Gasteiger charge is 2.37. The second kappa shape index (κ2) is 12.7. The van der Waals surface area contributed by atoms with Crippen LogP contribution in [0.5, 0.6) is 0 Å². The van der Waals surface area contributed by atoms with E-state index >= 15 is 0 Å². The molecule has 1 atom stereocenters. The summed E-state index contributed by atoms with van der Waals surface area (Å²) in [5.74, 6) is -0.507. The number of carbonyl (C=O) groups is 1. The van der Waals surface area contributed by atoms with Gasteiger partial charge in [-0.25, -0.2) is 9.37 Å². The van der Waals surface area contributed by atoms with Crippen LogP contribution in [0.3, 0.4) is 0 Å². The number of rotatable bonds is 13. The molecule has 1 amide bonds. The minimum atomic E-state index is -1.64. The molecule has 10 heteroatoms. The van der Waals surface area contributed by atoms with E-state index < -0.39 is 19.5 Å². The smallest absolute Gasteiger partial charge is 0.228 e. The summed E-state index contributed by atoms with van der Waals surface area (Å²) in [6, 6.07) is 8.52. The van der Waals surface area contributed by atoms with Gasteiger partial charge < -0.3 is 19.7 Å². The number of halogens is 2. The van der Waals surface area contributed by atoms with Gasteiger partial charge in [0.25, 0.3) is 0 Å². The third kappa shape index (κ3) is 7.56. The lowest BCUT2D eigenvalue weighted by molar-refractivity contribution is -0.115. The van der Waals surface area contributed by atoms with Gasteiger partial charge in [-0.1, -0.05) is 31.8 Å². The summed E-state index contributed by atoms with van der Waals surface area (Å²) in [5, 5.41) is 14.8. The van der Waals surface area contributed by atoms with Crippen LogP contribution in [-0.2, 0) is 21.9 Å². The molecule has 0 bridgehead atoms. The quantitative estimate of drug-likeness (QED) is 0.133. The Morgan fingerprint density at radius 3 is 2.66 bits per heavy atom. The molecule has 0 fully saturated rings. The van der Waals surface area contributed by atoms with Crippen LogP contribution in [0, 0.1) is 5.82 Å². The van der Waals surface area contributed by atoms with E-state index in [0.717, 1.165) is 10.5 Å². The van der Waals surface area contributed by atoms with Gasteiger partial charge in [-0.15, -0.1) is 13.2 Å². The van der Waals surface area contributed by atoms with Gasteiger partial charge >= 0.3 is 0 Å². The van der Waals surface area contributed by atoms with Gasteiger partial charge in [-0.2, -0.15) is 0 Å². The van der Waals surface area contributed by atoms with Crippen molar-refractivity contribution in [2.75, 3.05) is 11.9 Å². The first-order valence-corrected chi connectivity index (χ1v) is 16.8. The Bertz CT molecular complexity index is 1290. The zero-order chi connectivity index (χ0) is 27.9. The SMILES string of the molecule is C=CCC(=O)Nc1ccc(F)cc1-c1cn(COCC[Si](C)(C)C)c(C(O)(CC=C)c2ccc(Br)cn2)n1. The van der Waals surface area contributed by atoms with Crippen LogP contribution in [0.4, 0.5) is 10.1 Å². The number of aliphatic hydroxyl groups is 1. The molecular formula is C28H34BrFN4O3Si. The maximum Gasteiger partial charge on any atom is 0.228 e. The number of benzene rings is 1. The van der Waals surface area contributed by atoms with E-state index in [1.165, 1.54) is 24.3 Å². The van der Waals surface area contributed by atoms with E-state index in [0.29, 0.717) is 29.2 Å². The van der Waals surface area contributed by atoms with Crippen LogP contribution >= 0.6 is 15.9 Å². The van der Waals surface area contributed by atoms with E-state index in [9.17, 15) is 14.3 Å². The molecule has 7 nitrogen and oxygen atoms in total. The fourth-order valence-electron chi connectivity index (χ4n) is 3.82. The molecule has 0 aliphatic heterocycles. The Morgan fingerprint density at radius 2 is 2.03 bits per heavy atom. The second-order valence-corrected chi connectivity index (χ2v) is 16.8. The van der Waals surface area contributed by atoms with Crippen LogP contribution in [0.2, 0.25) is 25.7 Å². The Kier molecular flexibility index (Phi) is 9.94. The molecule has 38 heavy (non-hydrogen) atoms. The summed E-state index contributed by atoms with van der Waals surface area (Å²) in [6.45, 7) is 14.9. The first kappa shape index (κ1) is 29.6. The average molecular weight is 602 g/mol. The van der Waals surface area contributed by atoms with Gasteiger partial charge in [-0.05, 0) is 52.3 Å². The van der Waals surface area contributed by atoms with Crippen molar-refractivity contribution < 1.29 is 19.0 Å². The van der Waals surface area contributed by atoms with E-state index in [-0.39, 0.29) is 31.3 Å². The van der Waals surface area contributed by atoms with Gasteiger partial charge in [0, 0.05) is 50.0 Å². The van der Waals surface area contributed by atoms with Gasteiger partial charge in [0.15, 0.2) is 5.60 Å². The maximum absolute atomic E-state index is 14.4. The molecule has 202 valence electrons. The van der Waals surface area contributed by atoms with Crippen molar-refractivity contribution in [2.24, 2.45) is 0 Å². The lowest BCUT2D eigenvalue weighted by Crippen LogP contribution is -2.32. The van der Waals surface area contributed by atoms with E-state index in [1.54, 1.807) is 35.2 Å². The summed E-state index contributed by atoms with van der Waals surface area (Å²) in [4.78, 5) is 21.5. The van der Waals surface area contributed by atoms with Crippen LogP contribution in [0.25, 0.3) is 11.3 Å². The minimum Gasteiger partial charge on any atom is -0.375 e. The highest BCUT2D eigenvalue weighted by molar-refractivity contribution is 9.10. The summed E-state index contributed by atoms with van der Waals surface area (Å²) < 4.78 is 22.9. The normalized spacial score (nSPS) is 13.1. The first-order valence-electron chi connectivity index (χ1n) is 12.3. The lowest BCUT2D eigenvalue weighted by Gasteiger charge is -2.27. The van der Waals surface area contributed by atoms with Crippen molar-refractivity contribution in [3.8, 4) is 11.3 Å². The fraction of sp³-hybridized carbons (Fsp3) is 0.321. The third-order valence-corrected chi connectivity index (χ3v) is 8.00. The zero-order valence-electron chi connectivity index (χ0n) is 22.0. The van der Waals surface area contributed by atoms with Crippen LogP contribution in [0.15, 0.2) is 72.5 Å². The number of nitrogens with one attached hydrogen (secondary N) is 1. The zero-order valence-corrected chi connectivity index (χ0v) is 24.6. The van der Waals surface area contributed by atoms with Crippen molar-refractivity contribution in [3.05, 3.63) is 89.8 Å². The molecule has 2 aromatic heterocycles. The van der Waals surface area contributed by atoms with Gasteiger partial charge in [-0.3, -0.25) is 9.78 Å². The molecule has 0 aliphatic rings. The molecule has 0 radical (unpaired) electrons. The number of imidazole rings is 1. The number of amides is 1. The van der Waals surface area contributed by atoms with Crippen molar-refractivity contribution >= 4 is 35.6 Å². The second-order valence-electron chi connectivity index (χ2n) is 10.2. The molecule has 2 heterocycles. The van der Waals surface area contributed by atoms with Crippen LogP contribution in [0.1, 0.15) is 24.4 Å². The van der Waals surface area contributed by atoms with Gasteiger partial charge in [0.1, 0.15) is 18.4 Å². The monoisotopic (exact) mass is 600 g/mol. The number of aromatic nitrogens is 3. The Balaban J connectivity index is 2.12. The summed E-state index contributed by atoms with van der Waals surface area (Å²) >= 11 is 3.38. The molecule has 0 saturated carbocycles. The summed E-state index contributed by atoms with van der Waals surface area (Å²) in [7, 11) is -1.32. The number of hydrogen-bond donors (Lipinski definition) is 2. The Labute approximate surface area is 232 Å². The Hall–Kier alpha value is -2.92. The van der Waals surface area contributed by atoms with Crippen molar-refractivity contribution in [1.29, 1.82) is 0 Å². The lowest BCUT2D eigenvalue weighted by atomic mass is 9.93. The first-order chi connectivity index (χ1) is 18.0. The molecule has 1 unspecified atom stereocenters. The molecule has 0 spiro atoms. The standard InChI is InChI=1S/C28H34BrFN4O3Si/c1-6-8-26(35)32-23-11-10-21(30)16-22(23)24-18-34(19-37-14-15-38(3,4)5)27(33-24)28(36,13-7-2)25-12-9-20(29)17-31-25/h6-7,9-12,16-18,36H,1-2,8,13-15,19H2,3-5H3,(H,32,35). The molecule has 0 aliphatic carbocycles. The third-order valence-electron chi connectivity index (χ3n) is 5.83. The van der Waals surface area contributed by atoms with Crippen molar-refractivity contribution in [3.63, 3.8) is 0 Å². The van der Waals surface area contributed by atoms with Gasteiger partial charge in [0.05, 0.1) is 17.1 Å². The molecule has 2 N–H and O–H groups in total. The predicted octanol–water partition coefficient (Wildman–Crippen LogP) is 6.49. The number of carbonyl (C=O) groups excluding carboxylic acids is 1. The highest BCUT2D eigenvalue weighted by Crippen LogP contribution is 2.36. The summed E-state index contributed by atoms with van der Waals surface area (Å²) in [5.41, 5.74) is -0.137. The molecular weight excluding hydrogens is 567 g/mol. The molecule has 0 saturated heterocycles. The van der Waals surface area contributed by atoms with Crippen LogP contribution in [-0.4, -0.2) is 40.2 Å². The number of hydrogen-bond acceptors (Lipinski definition) is 5. The largest absolute Gasteiger partial charge is 0.375 e. The molecule has 3 rings (SSSR count). The van der Waals surface area contributed by atoms with Crippen molar-refractivity contribution in [1.82, 2.24) is 14.5 Å². The number of nitrogens with zero attached hydrogens (tertiary/aromatic N) is 3. The van der Waals surface area contributed by atoms with Crippen LogP contribution < -0.4 is 5.32 Å². The van der Waals surface area contributed by atoms with E-state index in [4.69, 9.17) is 9.72 Å². The average Bonchev–Trinajstić information content (AvgIpc) is 3.28. The van der Waals surface area contributed by atoms with Crippen molar-refractivity contribution in [2.45, 2.75) is 50.9 Å². The number of anilines is 1. The predicted molar refractivity (Wildman–Crippen MR) is 155 cm³/mol. The minimum absolute atomic E-state index is 0.107. The fourth-order valence-corrected chi connectivity index (χ4v) is 4.82.